The first-order chi connectivity index (χ1) is 9.62. The lowest BCUT2D eigenvalue weighted by Gasteiger charge is -2.13. The molecule has 1 aromatic heterocycles. The fraction of sp³-hybridized carbons (Fsp3) is 0.308. The molecule has 0 spiro atoms. The van der Waals surface area contributed by atoms with Crippen molar-refractivity contribution in [3.63, 3.8) is 0 Å². The lowest BCUT2D eigenvalue weighted by molar-refractivity contribution is 0.379. The van der Waals surface area contributed by atoms with E-state index < -0.39 is 0 Å². The highest BCUT2D eigenvalue weighted by Gasteiger charge is 2.06. The number of anilines is 4. The Morgan fingerprint density at radius 3 is 2.20 bits per heavy atom. The molecular weight excluding hydrogens is 256 g/mol. The maximum atomic E-state index is 5.04. The Labute approximate surface area is 118 Å². The highest BCUT2D eigenvalue weighted by molar-refractivity contribution is 5.59. The molecule has 7 nitrogen and oxygen atoms in total. The molecule has 0 aliphatic rings. The Morgan fingerprint density at radius 1 is 1.00 bits per heavy atom. The lowest BCUT2D eigenvalue weighted by atomic mass is 10.2. The van der Waals surface area contributed by atoms with Gasteiger partial charge in [-0.2, -0.15) is 15.0 Å². The average molecular weight is 274 g/mol. The molecule has 0 bridgehead atoms. The average Bonchev–Trinajstić information content (AvgIpc) is 2.47. The van der Waals surface area contributed by atoms with E-state index in [4.69, 9.17) is 4.74 Å². The molecule has 0 amide bonds. The van der Waals surface area contributed by atoms with Gasteiger partial charge in [-0.1, -0.05) is 0 Å². The van der Waals surface area contributed by atoms with Crippen LogP contribution in [0.4, 0.5) is 23.3 Å². The third kappa shape index (κ3) is 3.25. The van der Waals surface area contributed by atoms with Crippen LogP contribution in [0, 0.1) is 0 Å². The molecule has 0 fully saturated rings. The standard InChI is InChI=1S/C13H18N6O/c1-14-11-16-12(18-13(17-11)20-4)15-9-5-7-10(8-6-9)19(2)3/h5-8H,1-4H3,(H2,14,15,16,17,18). The van der Waals surface area contributed by atoms with E-state index in [1.54, 1.807) is 7.05 Å². The van der Waals surface area contributed by atoms with Gasteiger partial charge in [0.15, 0.2) is 0 Å². The minimum atomic E-state index is 0.261. The second kappa shape index (κ2) is 6.05. The van der Waals surface area contributed by atoms with Gasteiger partial charge in [0, 0.05) is 32.5 Å². The maximum absolute atomic E-state index is 5.04. The molecule has 106 valence electrons. The summed E-state index contributed by atoms with van der Waals surface area (Å²) in [5.41, 5.74) is 2.02. The smallest absolute Gasteiger partial charge is 0.322 e. The second-order valence-electron chi connectivity index (χ2n) is 4.29. The summed E-state index contributed by atoms with van der Waals surface area (Å²) in [5.74, 6) is 0.878. The highest BCUT2D eigenvalue weighted by atomic mass is 16.5. The molecule has 7 heteroatoms. The molecule has 2 rings (SSSR count). The number of rotatable bonds is 5. The van der Waals surface area contributed by atoms with E-state index in [0.717, 1.165) is 11.4 Å². The number of nitrogens with zero attached hydrogens (tertiary/aromatic N) is 4. The zero-order valence-corrected chi connectivity index (χ0v) is 12.0. The van der Waals surface area contributed by atoms with Crippen molar-refractivity contribution in [1.82, 2.24) is 15.0 Å². The van der Waals surface area contributed by atoms with Gasteiger partial charge >= 0.3 is 6.01 Å². The van der Waals surface area contributed by atoms with E-state index in [2.05, 4.69) is 25.6 Å². The van der Waals surface area contributed by atoms with Crippen LogP contribution in [-0.2, 0) is 0 Å². The number of methoxy groups -OCH3 is 1. The molecule has 1 heterocycles. The van der Waals surface area contributed by atoms with Gasteiger partial charge in [-0.15, -0.1) is 0 Å². The molecule has 0 aliphatic carbocycles. The molecule has 2 N–H and O–H groups in total. The zero-order valence-electron chi connectivity index (χ0n) is 12.0. The van der Waals surface area contributed by atoms with Crippen LogP contribution in [0.5, 0.6) is 6.01 Å². The molecule has 0 radical (unpaired) electrons. The van der Waals surface area contributed by atoms with Crippen molar-refractivity contribution in [3.8, 4) is 6.01 Å². The minimum absolute atomic E-state index is 0.261. The summed E-state index contributed by atoms with van der Waals surface area (Å²) in [5, 5.41) is 5.98. The van der Waals surface area contributed by atoms with Crippen LogP contribution in [-0.4, -0.2) is 43.2 Å². The summed E-state index contributed by atoms with van der Waals surface area (Å²) in [6, 6.07) is 8.21. The maximum Gasteiger partial charge on any atom is 0.322 e. The molecule has 0 saturated heterocycles. The van der Waals surface area contributed by atoms with Crippen molar-refractivity contribution in [3.05, 3.63) is 24.3 Å². The summed E-state index contributed by atoms with van der Waals surface area (Å²) in [6.07, 6.45) is 0. The first-order valence-corrected chi connectivity index (χ1v) is 6.14. The molecule has 2 aromatic rings. The van der Waals surface area contributed by atoms with E-state index in [0.29, 0.717) is 11.9 Å². The van der Waals surface area contributed by atoms with Crippen LogP contribution >= 0.6 is 0 Å². The van der Waals surface area contributed by atoms with E-state index >= 15 is 0 Å². The third-order valence-electron chi connectivity index (χ3n) is 2.66. The van der Waals surface area contributed by atoms with Gasteiger partial charge in [-0.3, -0.25) is 0 Å². The second-order valence-corrected chi connectivity index (χ2v) is 4.29. The monoisotopic (exact) mass is 274 g/mol. The number of hydrogen-bond donors (Lipinski definition) is 2. The van der Waals surface area contributed by atoms with Crippen molar-refractivity contribution >= 4 is 23.3 Å². The highest BCUT2D eigenvalue weighted by Crippen LogP contribution is 2.19. The summed E-state index contributed by atoms with van der Waals surface area (Å²) in [4.78, 5) is 14.4. The Kier molecular flexibility index (Phi) is 4.19. The van der Waals surface area contributed by atoms with Gasteiger partial charge in [-0.25, -0.2) is 0 Å². The molecule has 0 atom stereocenters. The van der Waals surface area contributed by atoms with E-state index in [1.807, 2.05) is 43.3 Å². The summed E-state index contributed by atoms with van der Waals surface area (Å²) >= 11 is 0. The zero-order chi connectivity index (χ0) is 14.5. The van der Waals surface area contributed by atoms with Gasteiger partial charge in [0.05, 0.1) is 7.11 Å². The van der Waals surface area contributed by atoms with Crippen LogP contribution in [0.2, 0.25) is 0 Å². The summed E-state index contributed by atoms with van der Waals surface area (Å²) in [7, 11) is 7.26. The number of hydrogen-bond acceptors (Lipinski definition) is 7. The van der Waals surface area contributed by atoms with E-state index in [-0.39, 0.29) is 6.01 Å². The van der Waals surface area contributed by atoms with Crippen LogP contribution < -0.4 is 20.3 Å². The van der Waals surface area contributed by atoms with Crippen LogP contribution in [0.25, 0.3) is 0 Å². The van der Waals surface area contributed by atoms with E-state index in [9.17, 15) is 0 Å². The topological polar surface area (TPSA) is 75.2 Å². The largest absolute Gasteiger partial charge is 0.467 e. The third-order valence-corrected chi connectivity index (χ3v) is 2.66. The van der Waals surface area contributed by atoms with Gasteiger partial charge < -0.3 is 20.3 Å². The van der Waals surface area contributed by atoms with E-state index in [1.165, 1.54) is 7.11 Å². The Balaban J connectivity index is 2.20. The van der Waals surface area contributed by atoms with Crippen molar-refractivity contribution in [2.45, 2.75) is 0 Å². The Bertz CT molecular complexity index is 547. The first kappa shape index (κ1) is 13.9. The van der Waals surface area contributed by atoms with Crippen molar-refractivity contribution in [2.75, 3.05) is 43.8 Å². The quantitative estimate of drug-likeness (QED) is 0.860. The Hall–Kier alpha value is -2.57. The SMILES string of the molecule is CNc1nc(Nc2ccc(N(C)C)cc2)nc(OC)n1. The van der Waals surface area contributed by atoms with Crippen LogP contribution in [0.3, 0.4) is 0 Å². The summed E-state index contributed by atoms with van der Waals surface area (Å²) in [6.45, 7) is 0. The molecule has 0 saturated carbocycles. The van der Waals surface area contributed by atoms with Gasteiger partial charge in [0.1, 0.15) is 0 Å². The van der Waals surface area contributed by atoms with Crippen LogP contribution in [0.15, 0.2) is 24.3 Å². The summed E-state index contributed by atoms with van der Waals surface area (Å²) < 4.78 is 5.04. The number of ether oxygens (including phenoxy) is 1. The first-order valence-electron chi connectivity index (χ1n) is 6.14. The number of benzene rings is 1. The van der Waals surface area contributed by atoms with Gasteiger partial charge in [-0.05, 0) is 24.3 Å². The van der Waals surface area contributed by atoms with Gasteiger partial charge in [0.25, 0.3) is 0 Å². The van der Waals surface area contributed by atoms with Crippen molar-refractivity contribution < 1.29 is 4.74 Å². The van der Waals surface area contributed by atoms with Gasteiger partial charge in [0.2, 0.25) is 11.9 Å². The predicted molar refractivity (Wildman–Crippen MR) is 80.0 cm³/mol. The number of nitrogens with one attached hydrogen (secondary N) is 2. The Morgan fingerprint density at radius 2 is 1.65 bits per heavy atom. The van der Waals surface area contributed by atoms with Crippen molar-refractivity contribution in [1.29, 1.82) is 0 Å². The molecule has 0 unspecified atom stereocenters. The van der Waals surface area contributed by atoms with Crippen LogP contribution in [0.1, 0.15) is 0 Å². The molecule has 0 aliphatic heterocycles. The van der Waals surface area contributed by atoms with Crippen molar-refractivity contribution in [2.24, 2.45) is 0 Å². The molecule has 1 aromatic carbocycles. The lowest BCUT2D eigenvalue weighted by Crippen LogP contribution is -2.08. The molecule has 20 heavy (non-hydrogen) atoms. The number of aromatic nitrogens is 3. The minimum Gasteiger partial charge on any atom is -0.467 e. The fourth-order valence-corrected chi connectivity index (χ4v) is 1.59. The fourth-order valence-electron chi connectivity index (χ4n) is 1.59. The predicted octanol–water partition coefficient (Wildman–Crippen LogP) is 1.73. The molecular formula is C13H18N6O. The normalized spacial score (nSPS) is 10.0.